The summed E-state index contributed by atoms with van der Waals surface area (Å²) in [6.45, 7) is 11.2. The van der Waals surface area contributed by atoms with Crippen molar-refractivity contribution < 1.29 is 32.0 Å². The summed E-state index contributed by atoms with van der Waals surface area (Å²) < 4.78 is 61.1. The van der Waals surface area contributed by atoms with E-state index >= 15 is 0 Å². The number of aryl methyl sites for hydroxylation is 1. The summed E-state index contributed by atoms with van der Waals surface area (Å²) in [4.78, 5) is 0. The van der Waals surface area contributed by atoms with Crippen LogP contribution in [0.25, 0.3) is 0 Å². The minimum Gasteiger partial charge on any atom is -0.482 e. The smallest absolute Gasteiger partial charge is 0.482 e. The van der Waals surface area contributed by atoms with Crippen molar-refractivity contribution in [3.63, 3.8) is 0 Å². The maximum atomic E-state index is 13.0. The van der Waals surface area contributed by atoms with E-state index in [9.17, 15) is 13.2 Å². The van der Waals surface area contributed by atoms with Gasteiger partial charge in [0.25, 0.3) is 0 Å². The Morgan fingerprint density at radius 3 is 2.00 bits per heavy atom. The predicted octanol–water partition coefficient (Wildman–Crippen LogP) is 5.33. The van der Waals surface area contributed by atoms with E-state index in [2.05, 4.69) is 4.74 Å². The van der Waals surface area contributed by atoms with Crippen molar-refractivity contribution >= 4 is 12.6 Å². The predicted molar refractivity (Wildman–Crippen MR) is 109 cm³/mol. The SMILES string of the molecule is Cc1ccc(C(C)Oc2ccc(B3OC(C)(C)C(C)(C)O3)cc2OC(F)(F)F)cc1. The Bertz CT molecular complexity index is 878. The molecule has 0 spiro atoms. The number of rotatable bonds is 5. The van der Waals surface area contributed by atoms with Gasteiger partial charge >= 0.3 is 13.5 Å². The molecule has 1 heterocycles. The first-order chi connectivity index (χ1) is 13.8. The third kappa shape index (κ3) is 4.92. The van der Waals surface area contributed by atoms with Crippen LogP contribution in [0.4, 0.5) is 13.2 Å². The van der Waals surface area contributed by atoms with Crippen LogP contribution in [0.5, 0.6) is 11.5 Å². The molecular formula is C22H26BF3O4. The van der Waals surface area contributed by atoms with E-state index in [-0.39, 0.29) is 5.75 Å². The molecule has 1 atom stereocenters. The van der Waals surface area contributed by atoms with E-state index in [1.165, 1.54) is 12.1 Å². The lowest BCUT2D eigenvalue weighted by Gasteiger charge is -2.32. The molecule has 30 heavy (non-hydrogen) atoms. The zero-order chi connectivity index (χ0) is 22.3. The van der Waals surface area contributed by atoms with Crippen LogP contribution in [0, 0.1) is 6.92 Å². The van der Waals surface area contributed by atoms with Gasteiger partial charge in [0.2, 0.25) is 0 Å². The molecule has 4 nitrogen and oxygen atoms in total. The Balaban J connectivity index is 1.89. The standard InChI is InChI=1S/C22H26BF3O4/c1-14-7-9-16(10-8-14)15(2)27-18-12-11-17(13-19(18)28-22(24,25)26)23-29-20(3,4)21(5,6)30-23/h7-13,15H,1-6H3. The second-order valence-corrected chi connectivity index (χ2v) is 8.51. The molecule has 0 aromatic heterocycles. The highest BCUT2D eigenvalue weighted by Gasteiger charge is 2.52. The van der Waals surface area contributed by atoms with Crippen molar-refractivity contribution in [3.05, 3.63) is 53.6 Å². The fourth-order valence-electron chi connectivity index (χ4n) is 3.05. The molecule has 0 N–H and O–H groups in total. The zero-order valence-corrected chi connectivity index (χ0v) is 18.0. The van der Waals surface area contributed by atoms with E-state index in [0.29, 0.717) is 5.46 Å². The second-order valence-electron chi connectivity index (χ2n) is 8.51. The number of hydrogen-bond acceptors (Lipinski definition) is 4. The van der Waals surface area contributed by atoms with Crippen LogP contribution < -0.4 is 14.9 Å². The molecule has 3 rings (SSSR count). The first-order valence-corrected chi connectivity index (χ1v) is 9.76. The van der Waals surface area contributed by atoms with Gasteiger partial charge in [-0.2, -0.15) is 0 Å². The lowest BCUT2D eigenvalue weighted by Crippen LogP contribution is -2.41. The van der Waals surface area contributed by atoms with Gasteiger partial charge in [0, 0.05) is 0 Å². The average Bonchev–Trinajstić information content (AvgIpc) is 2.83. The highest BCUT2D eigenvalue weighted by atomic mass is 19.4. The van der Waals surface area contributed by atoms with Gasteiger partial charge in [-0.3, -0.25) is 0 Å². The summed E-state index contributed by atoms with van der Waals surface area (Å²) in [5, 5.41) is 0. The highest BCUT2D eigenvalue weighted by molar-refractivity contribution is 6.62. The van der Waals surface area contributed by atoms with Crippen LogP contribution in [0.15, 0.2) is 42.5 Å². The summed E-state index contributed by atoms with van der Waals surface area (Å²) in [6, 6.07) is 11.9. The second kappa shape index (κ2) is 7.82. The monoisotopic (exact) mass is 422 g/mol. The number of halogens is 3. The van der Waals surface area contributed by atoms with Gasteiger partial charge in [0.15, 0.2) is 11.5 Å². The first-order valence-electron chi connectivity index (χ1n) is 9.76. The van der Waals surface area contributed by atoms with Gasteiger partial charge in [-0.15, -0.1) is 13.2 Å². The van der Waals surface area contributed by atoms with Crippen molar-refractivity contribution in [2.75, 3.05) is 0 Å². The minimum atomic E-state index is -4.86. The number of hydrogen-bond donors (Lipinski definition) is 0. The van der Waals surface area contributed by atoms with Gasteiger partial charge in [-0.05, 0) is 64.7 Å². The minimum absolute atomic E-state index is 0.0133. The lowest BCUT2D eigenvalue weighted by molar-refractivity contribution is -0.275. The van der Waals surface area contributed by atoms with Crippen molar-refractivity contribution in [3.8, 4) is 11.5 Å². The number of alkyl halides is 3. The van der Waals surface area contributed by atoms with Gasteiger partial charge in [-0.25, -0.2) is 0 Å². The lowest BCUT2D eigenvalue weighted by atomic mass is 9.79. The molecular weight excluding hydrogens is 396 g/mol. The third-order valence-corrected chi connectivity index (χ3v) is 5.57. The van der Waals surface area contributed by atoms with Crippen LogP contribution in [0.1, 0.15) is 51.8 Å². The molecule has 1 saturated heterocycles. The molecule has 2 aromatic rings. The van der Waals surface area contributed by atoms with Crippen LogP contribution in [0.2, 0.25) is 0 Å². The van der Waals surface area contributed by atoms with Crippen molar-refractivity contribution in [2.24, 2.45) is 0 Å². The van der Waals surface area contributed by atoms with Gasteiger partial charge in [0.05, 0.1) is 11.2 Å². The van der Waals surface area contributed by atoms with Gasteiger partial charge in [-0.1, -0.05) is 35.9 Å². The molecule has 2 aromatic carbocycles. The van der Waals surface area contributed by atoms with Crippen LogP contribution in [-0.4, -0.2) is 24.7 Å². The highest BCUT2D eigenvalue weighted by Crippen LogP contribution is 2.38. The maximum Gasteiger partial charge on any atom is 0.573 e. The van der Waals surface area contributed by atoms with E-state index in [0.717, 1.165) is 11.1 Å². The molecule has 0 radical (unpaired) electrons. The summed E-state index contributed by atoms with van der Waals surface area (Å²) in [5.74, 6) is -0.450. The Morgan fingerprint density at radius 1 is 0.900 bits per heavy atom. The Hall–Kier alpha value is -2.19. The average molecular weight is 422 g/mol. The molecule has 1 aliphatic heterocycles. The number of ether oxygens (including phenoxy) is 2. The summed E-state index contributed by atoms with van der Waals surface area (Å²) in [6.07, 6.45) is -5.33. The zero-order valence-electron chi connectivity index (χ0n) is 18.0. The molecule has 1 unspecified atom stereocenters. The van der Waals surface area contributed by atoms with Crippen molar-refractivity contribution in [1.29, 1.82) is 0 Å². The summed E-state index contributed by atoms with van der Waals surface area (Å²) in [5.41, 5.74) is 1.12. The largest absolute Gasteiger partial charge is 0.573 e. The summed E-state index contributed by atoms with van der Waals surface area (Å²) in [7, 11) is -0.811. The fraction of sp³-hybridized carbons (Fsp3) is 0.455. The van der Waals surface area contributed by atoms with E-state index in [1.54, 1.807) is 13.0 Å². The molecule has 0 bridgehead atoms. The Kier molecular flexibility index (Phi) is 5.86. The molecule has 0 amide bonds. The van der Waals surface area contributed by atoms with E-state index in [1.807, 2.05) is 58.9 Å². The van der Waals surface area contributed by atoms with Crippen LogP contribution in [0.3, 0.4) is 0 Å². The van der Waals surface area contributed by atoms with Gasteiger partial charge in [0.1, 0.15) is 6.10 Å². The third-order valence-electron chi connectivity index (χ3n) is 5.57. The van der Waals surface area contributed by atoms with E-state index < -0.39 is 36.5 Å². The van der Waals surface area contributed by atoms with Crippen LogP contribution >= 0.6 is 0 Å². The topological polar surface area (TPSA) is 36.9 Å². The molecule has 1 fully saturated rings. The molecule has 1 aliphatic rings. The normalized spacial score (nSPS) is 18.9. The van der Waals surface area contributed by atoms with Crippen molar-refractivity contribution in [2.45, 2.75) is 65.2 Å². The van der Waals surface area contributed by atoms with E-state index in [4.69, 9.17) is 14.0 Å². The molecule has 8 heteroatoms. The Morgan fingerprint density at radius 2 is 1.47 bits per heavy atom. The van der Waals surface area contributed by atoms with Crippen LogP contribution in [-0.2, 0) is 9.31 Å². The number of benzene rings is 2. The molecule has 0 aliphatic carbocycles. The summed E-state index contributed by atoms with van der Waals surface area (Å²) >= 11 is 0. The molecule has 0 saturated carbocycles. The molecule has 162 valence electrons. The fourth-order valence-corrected chi connectivity index (χ4v) is 3.05. The quantitative estimate of drug-likeness (QED) is 0.611. The van der Waals surface area contributed by atoms with Crippen molar-refractivity contribution in [1.82, 2.24) is 0 Å². The first kappa shape index (κ1) is 22.5. The Labute approximate surface area is 175 Å². The maximum absolute atomic E-state index is 13.0. The van der Waals surface area contributed by atoms with Gasteiger partial charge < -0.3 is 18.8 Å².